The third-order valence-electron chi connectivity index (χ3n) is 3.97. The van der Waals surface area contributed by atoms with Crippen molar-refractivity contribution in [2.75, 3.05) is 6.54 Å². The second kappa shape index (κ2) is 8.66. The molecule has 2 N–H and O–H groups in total. The number of hydrogen-bond acceptors (Lipinski definition) is 4. The number of benzene rings is 2. The van der Waals surface area contributed by atoms with Gasteiger partial charge in [-0.25, -0.2) is 13.1 Å². The molecule has 1 amide bonds. The van der Waals surface area contributed by atoms with Gasteiger partial charge in [0.2, 0.25) is 10.0 Å². The zero-order chi connectivity index (χ0) is 19.1. The van der Waals surface area contributed by atoms with Crippen LogP contribution in [-0.2, 0) is 23.0 Å². The number of nitrogens with one attached hydrogen (secondary N) is 2. The molecular formula is C20H20N2O4S. The lowest BCUT2D eigenvalue weighted by molar-refractivity contribution is 0.0954. The first-order chi connectivity index (χ1) is 13.0. The van der Waals surface area contributed by atoms with Crippen LogP contribution in [0.1, 0.15) is 21.7 Å². The van der Waals surface area contributed by atoms with Gasteiger partial charge < -0.3 is 9.73 Å². The quantitative estimate of drug-likeness (QED) is 0.625. The van der Waals surface area contributed by atoms with Gasteiger partial charge in [-0.2, -0.15) is 0 Å². The molecule has 3 rings (SSSR count). The topological polar surface area (TPSA) is 88.4 Å². The van der Waals surface area contributed by atoms with Crippen LogP contribution < -0.4 is 10.0 Å². The minimum atomic E-state index is -3.75. The van der Waals surface area contributed by atoms with Gasteiger partial charge in [0.25, 0.3) is 5.91 Å². The third kappa shape index (κ3) is 5.29. The Morgan fingerprint density at radius 3 is 2.52 bits per heavy atom. The summed E-state index contributed by atoms with van der Waals surface area (Å²) in [6, 6.07) is 19.1. The molecule has 0 aliphatic rings. The smallest absolute Gasteiger partial charge is 0.251 e. The molecule has 1 heterocycles. The predicted molar refractivity (Wildman–Crippen MR) is 102 cm³/mol. The lowest BCUT2D eigenvalue weighted by Gasteiger charge is -2.09. The summed E-state index contributed by atoms with van der Waals surface area (Å²) >= 11 is 0. The van der Waals surface area contributed by atoms with E-state index in [1.807, 2.05) is 30.3 Å². The van der Waals surface area contributed by atoms with Crippen molar-refractivity contribution >= 4 is 15.9 Å². The van der Waals surface area contributed by atoms with Crippen LogP contribution in [0.15, 0.2) is 82.3 Å². The van der Waals surface area contributed by atoms with Gasteiger partial charge in [0.05, 0.1) is 17.7 Å². The largest absolute Gasteiger partial charge is 0.468 e. The Bertz CT molecular complexity index is 984. The summed E-state index contributed by atoms with van der Waals surface area (Å²) in [4.78, 5) is 12.3. The van der Waals surface area contributed by atoms with Gasteiger partial charge in [-0.05, 0) is 42.3 Å². The normalized spacial score (nSPS) is 11.3. The summed E-state index contributed by atoms with van der Waals surface area (Å²) in [6.07, 6.45) is 2.18. The molecule has 3 aromatic rings. The molecular weight excluding hydrogens is 364 g/mol. The fraction of sp³-hybridized carbons (Fsp3) is 0.150. The zero-order valence-corrected chi connectivity index (χ0v) is 15.4. The van der Waals surface area contributed by atoms with Crippen LogP contribution in [0.2, 0.25) is 0 Å². The third-order valence-corrected chi connectivity index (χ3v) is 5.36. The molecule has 0 saturated carbocycles. The Morgan fingerprint density at radius 1 is 0.963 bits per heavy atom. The Balaban J connectivity index is 1.61. The maximum Gasteiger partial charge on any atom is 0.251 e. The fourth-order valence-electron chi connectivity index (χ4n) is 2.53. The first kappa shape index (κ1) is 18.9. The number of carbonyl (C=O) groups excluding carboxylic acids is 1. The van der Waals surface area contributed by atoms with Crippen molar-refractivity contribution in [3.05, 3.63) is 89.9 Å². The van der Waals surface area contributed by atoms with Gasteiger partial charge in [-0.3, -0.25) is 4.79 Å². The molecule has 0 unspecified atom stereocenters. The minimum absolute atomic E-state index is 0.0322. The van der Waals surface area contributed by atoms with Gasteiger partial charge in [0, 0.05) is 12.1 Å². The standard InChI is InChI=1S/C20H20N2O4S/c23-20(21-12-11-16-6-2-1-3-7-16)17-8-4-10-19(14-17)27(24,25)22-15-18-9-5-13-26-18/h1-10,13-14,22H,11-12,15H2,(H,21,23). The van der Waals surface area contributed by atoms with Crippen LogP contribution >= 0.6 is 0 Å². The summed E-state index contributed by atoms with van der Waals surface area (Å²) in [5.41, 5.74) is 1.42. The first-order valence-corrected chi connectivity index (χ1v) is 9.97. The summed E-state index contributed by atoms with van der Waals surface area (Å²) in [5.74, 6) is 0.197. The van der Waals surface area contributed by atoms with Crippen molar-refractivity contribution in [3.63, 3.8) is 0 Å². The Labute approximate surface area is 158 Å². The molecule has 0 fully saturated rings. The molecule has 0 aliphatic heterocycles. The highest BCUT2D eigenvalue weighted by atomic mass is 32.2. The van der Waals surface area contributed by atoms with E-state index in [1.165, 1.54) is 18.4 Å². The minimum Gasteiger partial charge on any atom is -0.468 e. The Hall–Kier alpha value is -2.90. The lowest BCUT2D eigenvalue weighted by atomic mass is 10.1. The lowest BCUT2D eigenvalue weighted by Crippen LogP contribution is -2.27. The van der Waals surface area contributed by atoms with E-state index in [0.29, 0.717) is 24.3 Å². The van der Waals surface area contributed by atoms with Gasteiger partial charge in [0.1, 0.15) is 5.76 Å². The van der Waals surface area contributed by atoms with Crippen molar-refractivity contribution in [2.24, 2.45) is 0 Å². The number of hydrogen-bond donors (Lipinski definition) is 2. The number of carbonyl (C=O) groups is 1. The van der Waals surface area contributed by atoms with Crippen LogP contribution in [-0.4, -0.2) is 20.9 Å². The van der Waals surface area contributed by atoms with Gasteiger partial charge in [0.15, 0.2) is 0 Å². The van der Waals surface area contributed by atoms with Gasteiger partial charge in [-0.15, -0.1) is 0 Å². The monoisotopic (exact) mass is 384 g/mol. The molecule has 0 spiro atoms. The fourth-order valence-corrected chi connectivity index (χ4v) is 3.57. The number of amides is 1. The number of furan rings is 1. The molecule has 27 heavy (non-hydrogen) atoms. The zero-order valence-electron chi connectivity index (χ0n) is 14.6. The van der Waals surface area contributed by atoms with E-state index in [1.54, 1.807) is 24.3 Å². The van der Waals surface area contributed by atoms with E-state index in [0.717, 1.165) is 5.56 Å². The van der Waals surface area contributed by atoms with Crippen molar-refractivity contribution in [3.8, 4) is 0 Å². The Morgan fingerprint density at radius 2 is 1.78 bits per heavy atom. The highest BCUT2D eigenvalue weighted by molar-refractivity contribution is 7.89. The average Bonchev–Trinajstić information content (AvgIpc) is 3.21. The van der Waals surface area contributed by atoms with Gasteiger partial charge >= 0.3 is 0 Å². The van der Waals surface area contributed by atoms with Crippen LogP contribution in [0.5, 0.6) is 0 Å². The number of rotatable bonds is 8. The predicted octanol–water partition coefficient (Wildman–Crippen LogP) is 2.73. The van der Waals surface area contributed by atoms with Crippen molar-refractivity contribution < 1.29 is 17.6 Å². The van der Waals surface area contributed by atoms with E-state index >= 15 is 0 Å². The molecule has 7 heteroatoms. The molecule has 6 nitrogen and oxygen atoms in total. The van der Waals surface area contributed by atoms with Crippen molar-refractivity contribution in [1.82, 2.24) is 10.0 Å². The van der Waals surface area contributed by atoms with Crippen molar-refractivity contribution in [2.45, 2.75) is 17.9 Å². The maximum atomic E-state index is 12.4. The second-order valence-electron chi connectivity index (χ2n) is 5.92. The van der Waals surface area contributed by atoms with E-state index in [2.05, 4.69) is 10.0 Å². The van der Waals surface area contributed by atoms with E-state index in [4.69, 9.17) is 4.42 Å². The average molecular weight is 384 g/mol. The first-order valence-electron chi connectivity index (χ1n) is 8.49. The molecule has 0 bridgehead atoms. The van der Waals surface area contributed by atoms with Crippen LogP contribution in [0.25, 0.3) is 0 Å². The molecule has 1 aromatic heterocycles. The van der Waals surface area contributed by atoms with Gasteiger partial charge in [-0.1, -0.05) is 36.4 Å². The summed E-state index contributed by atoms with van der Waals surface area (Å²) in [5, 5.41) is 2.81. The van der Waals surface area contributed by atoms with Crippen molar-refractivity contribution in [1.29, 1.82) is 0 Å². The van der Waals surface area contributed by atoms with Crippen LogP contribution in [0, 0.1) is 0 Å². The number of sulfonamides is 1. The molecule has 2 aromatic carbocycles. The summed E-state index contributed by atoms with van der Waals surface area (Å²) < 4.78 is 32.4. The van der Waals surface area contributed by atoms with E-state index in [9.17, 15) is 13.2 Å². The summed E-state index contributed by atoms with van der Waals surface area (Å²) in [7, 11) is -3.75. The van der Waals surface area contributed by atoms with Crippen LogP contribution in [0.3, 0.4) is 0 Å². The van der Waals surface area contributed by atoms with Crippen LogP contribution in [0.4, 0.5) is 0 Å². The maximum absolute atomic E-state index is 12.4. The molecule has 0 radical (unpaired) electrons. The molecule has 0 aliphatic carbocycles. The Kier molecular flexibility index (Phi) is 6.05. The summed E-state index contributed by atoms with van der Waals surface area (Å²) in [6.45, 7) is 0.513. The second-order valence-corrected chi connectivity index (χ2v) is 7.69. The van der Waals surface area contributed by atoms with E-state index in [-0.39, 0.29) is 17.3 Å². The SMILES string of the molecule is O=C(NCCc1ccccc1)c1cccc(S(=O)(=O)NCc2ccco2)c1. The molecule has 0 atom stereocenters. The highest BCUT2D eigenvalue weighted by Gasteiger charge is 2.16. The molecule has 0 saturated heterocycles. The van der Waals surface area contributed by atoms with E-state index < -0.39 is 10.0 Å². The molecule has 140 valence electrons. The highest BCUT2D eigenvalue weighted by Crippen LogP contribution is 2.12.